The number of rotatable bonds is 2. The van der Waals surface area contributed by atoms with E-state index in [-0.39, 0.29) is 13.4 Å². The van der Waals surface area contributed by atoms with Gasteiger partial charge in [-0.05, 0) is 116 Å². The molecule has 0 saturated heterocycles. The highest BCUT2D eigenvalue weighted by atomic mass is 16.5. The Morgan fingerprint density at radius 2 is 0.806 bits per heavy atom. The van der Waals surface area contributed by atoms with Gasteiger partial charge in [0.25, 0.3) is 13.4 Å². The van der Waals surface area contributed by atoms with Crippen molar-refractivity contribution < 1.29 is 9.47 Å². The standard InChI is InChI=1S/C56H34B2N2O2/c1-31-13-3-5-15-35(31)33-25-47-53-51(27-33)61-49-30-50-44(29-43(49)57(53)41-21-11-19-39-37-17-7-9-23-45(37)59(47)55(39)41)58-42-22-12-20-40-38-18-8-10-24-46(38)60(56(40)42)48-26-34(28-52(62-50)54(48)58)36-16-6-4-14-32(36)2/h3-30H,1-2H3. The van der Waals surface area contributed by atoms with Crippen LogP contribution in [0.2, 0.25) is 0 Å². The van der Waals surface area contributed by atoms with Crippen molar-refractivity contribution in [1.82, 2.24) is 9.13 Å². The van der Waals surface area contributed by atoms with Crippen LogP contribution < -0.4 is 42.3 Å². The van der Waals surface area contributed by atoms with Crippen LogP contribution in [0.1, 0.15) is 11.1 Å². The third kappa shape index (κ3) is 4.05. The first-order chi connectivity index (χ1) is 30.6. The van der Waals surface area contributed by atoms with Crippen LogP contribution in [0.25, 0.3) is 77.2 Å². The van der Waals surface area contributed by atoms with E-state index in [4.69, 9.17) is 9.47 Å². The van der Waals surface area contributed by atoms with Crippen molar-refractivity contribution in [2.75, 3.05) is 0 Å². The number of aromatic nitrogens is 2. The van der Waals surface area contributed by atoms with Gasteiger partial charge in [-0.25, -0.2) is 0 Å². The lowest BCUT2D eigenvalue weighted by Crippen LogP contribution is -2.62. The molecule has 0 amide bonds. The lowest BCUT2D eigenvalue weighted by Gasteiger charge is -2.37. The molecule has 9 aromatic carbocycles. The molecule has 4 nitrogen and oxygen atoms in total. The predicted molar refractivity (Wildman–Crippen MR) is 258 cm³/mol. The van der Waals surface area contributed by atoms with Crippen molar-refractivity contribution in [2.24, 2.45) is 0 Å². The molecule has 4 aliphatic heterocycles. The molecule has 11 aromatic rings. The van der Waals surface area contributed by atoms with Crippen LogP contribution in [0.3, 0.4) is 0 Å². The van der Waals surface area contributed by atoms with Gasteiger partial charge in [0, 0.05) is 50.0 Å². The highest BCUT2D eigenvalue weighted by molar-refractivity contribution is 7.02. The van der Waals surface area contributed by atoms with Gasteiger partial charge in [0.05, 0.1) is 11.0 Å². The summed E-state index contributed by atoms with van der Waals surface area (Å²) in [6.07, 6.45) is 0. The molecule has 4 aliphatic rings. The summed E-state index contributed by atoms with van der Waals surface area (Å²) < 4.78 is 19.5. The van der Waals surface area contributed by atoms with Gasteiger partial charge in [-0.3, -0.25) is 0 Å². The van der Waals surface area contributed by atoms with E-state index < -0.39 is 0 Å². The minimum Gasteiger partial charge on any atom is -0.458 e. The number of fused-ring (bicyclic) bond motifs is 14. The molecule has 0 unspecified atom stereocenters. The van der Waals surface area contributed by atoms with Gasteiger partial charge in [-0.2, -0.15) is 0 Å². The Hall–Kier alpha value is -7.69. The molecule has 0 aliphatic carbocycles. The second kappa shape index (κ2) is 11.6. The SMILES string of the molecule is Cc1ccccc1-c1cc2c3c(c1)-n1c4ccccc4c4cccc(c41)B3c1cc3c(cc1O2)Oc1cc(-c2ccccc2C)cc2c1B3c1cccc3c4ccccc4n-2c13. The molecule has 0 N–H and O–H groups in total. The molecule has 0 spiro atoms. The fourth-order valence-corrected chi connectivity index (χ4v) is 11.9. The van der Waals surface area contributed by atoms with Crippen molar-refractivity contribution in [3.05, 3.63) is 181 Å². The molecule has 62 heavy (non-hydrogen) atoms. The van der Waals surface area contributed by atoms with Crippen molar-refractivity contribution in [3.8, 4) is 56.6 Å². The minimum absolute atomic E-state index is 0.0457. The van der Waals surface area contributed by atoms with Crippen LogP contribution in [0.5, 0.6) is 23.0 Å². The van der Waals surface area contributed by atoms with E-state index in [0.717, 1.165) is 34.1 Å². The maximum absolute atomic E-state index is 7.25. The lowest BCUT2D eigenvalue weighted by atomic mass is 9.31. The Morgan fingerprint density at radius 3 is 1.29 bits per heavy atom. The molecular formula is C56H34B2N2O2. The molecule has 286 valence electrons. The minimum atomic E-state index is -0.0457. The smallest absolute Gasteiger partial charge is 0.256 e. The second-order valence-corrected chi connectivity index (χ2v) is 17.6. The van der Waals surface area contributed by atoms with Crippen LogP contribution >= 0.6 is 0 Å². The molecule has 0 saturated carbocycles. The zero-order valence-electron chi connectivity index (χ0n) is 34.0. The van der Waals surface area contributed by atoms with Crippen LogP contribution in [0.4, 0.5) is 0 Å². The molecule has 6 heteroatoms. The summed E-state index contributed by atoms with van der Waals surface area (Å²) in [6, 6.07) is 62.8. The molecular weight excluding hydrogens is 754 g/mol. The summed E-state index contributed by atoms with van der Waals surface area (Å²) in [5.74, 6) is 3.48. The van der Waals surface area contributed by atoms with Gasteiger partial charge < -0.3 is 18.6 Å². The number of hydrogen-bond acceptors (Lipinski definition) is 2. The average Bonchev–Trinajstić information content (AvgIpc) is 3.83. The van der Waals surface area contributed by atoms with E-state index in [1.807, 2.05) is 0 Å². The molecule has 0 fully saturated rings. The first-order valence-corrected chi connectivity index (χ1v) is 21.7. The highest BCUT2D eigenvalue weighted by Gasteiger charge is 2.45. The van der Waals surface area contributed by atoms with Crippen molar-refractivity contribution in [1.29, 1.82) is 0 Å². The first kappa shape index (κ1) is 33.1. The van der Waals surface area contributed by atoms with E-state index in [9.17, 15) is 0 Å². The van der Waals surface area contributed by atoms with Crippen molar-refractivity contribution in [3.63, 3.8) is 0 Å². The first-order valence-electron chi connectivity index (χ1n) is 21.7. The zero-order chi connectivity index (χ0) is 40.5. The second-order valence-electron chi connectivity index (χ2n) is 17.6. The van der Waals surface area contributed by atoms with Crippen molar-refractivity contribution in [2.45, 2.75) is 13.8 Å². The van der Waals surface area contributed by atoms with Gasteiger partial charge in [-0.15, -0.1) is 0 Å². The maximum atomic E-state index is 7.25. The summed E-state index contributed by atoms with van der Waals surface area (Å²) in [5, 5.41) is 5.07. The summed E-state index contributed by atoms with van der Waals surface area (Å²) >= 11 is 0. The molecule has 0 atom stereocenters. The van der Waals surface area contributed by atoms with Crippen LogP contribution in [0.15, 0.2) is 170 Å². The Bertz CT molecular complexity index is 3630. The number of aryl methyl sites for hydroxylation is 2. The van der Waals surface area contributed by atoms with Crippen molar-refractivity contribution >= 4 is 89.8 Å². The fourth-order valence-electron chi connectivity index (χ4n) is 11.9. The van der Waals surface area contributed by atoms with E-state index in [0.29, 0.717) is 0 Å². The van der Waals surface area contributed by atoms with Gasteiger partial charge >= 0.3 is 0 Å². The largest absolute Gasteiger partial charge is 0.458 e. The normalized spacial score (nSPS) is 13.5. The number of ether oxygens (including phenoxy) is 2. The number of benzene rings is 9. The zero-order valence-corrected chi connectivity index (χ0v) is 34.0. The van der Waals surface area contributed by atoms with Gasteiger partial charge in [-0.1, -0.05) is 127 Å². The molecule has 15 rings (SSSR count). The van der Waals surface area contributed by atoms with Crippen LogP contribution in [-0.4, -0.2) is 22.6 Å². The topological polar surface area (TPSA) is 28.3 Å². The van der Waals surface area contributed by atoms with E-state index in [1.165, 1.54) is 110 Å². The molecule has 2 aromatic heterocycles. The summed E-state index contributed by atoms with van der Waals surface area (Å²) in [7, 11) is 0. The van der Waals surface area contributed by atoms with E-state index in [1.54, 1.807) is 0 Å². The molecule has 0 bridgehead atoms. The van der Waals surface area contributed by atoms with Gasteiger partial charge in [0.15, 0.2) is 0 Å². The fraction of sp³-hybridized carbons (Fsp3) is 0.0357. The summed E-state index contributed by atoms with van der Waals surface area (Å²) in [6.45, 7) is 4.30. The number of para-hydroxylation sites is 4. The third-order valence-corrected chi connectivity index (χ3v) is 14.5. The Morgan fingerprint density at radius 1 is 0.371 bits per heavy atom. The lowest BCUT2D eigenvalue weighted by molar-refractivity contribution is 0.465. The summed E-state index contributed by atoms with van der Waals surface area (Å²) in [5.41, 5.74) is 21.9. The molecule has 6 heterocycles. The molecule has 0 radical (unpaired) electrons. The predicted octanol–water partition coefficient (Wildman–Crippen LogP) is 9.70. The number of hydrogen-bond donors (Lipinski definition) is 0. The Kier molecular flexibility index (Phi) is 6.17. The van der Waals surface area contributed by atoms with E-state index in [2.05, 4.69) is 193 Å². The van der Waals surface area contributed by atoms with Gasteiger partial charge in [0.2, 0.25) is 0 Å². The maximum Gasteiger partial charge on any atom is 0.256 e. The van der Waals surface area contributed by atoms with Crippen LogP contribution in [-0.2, 0) is 0 Å². The summed E-state index contributed by atoms with van der Waals surface area (Å²) in [4.78, 5) is 0. The Labute approximate surface area is 358 Å². The van der Waals surface area contributed by atoms with Gasteiger partial charge in [0.1, 0.15) is 23.0 Å². The highest BCUT2D eigenvalue weighted by Crippen LogP contribution is 2.44. The third-order valence-electron chi connectivity index (χ3n) is 14.5. The van der Waals surface area contributed by atoms with E-state index >= 15 is 0 Å². The quantitative estimate of drug-likeness (QED) is 0.163. The number of nitrogens with zero attached hydrogens (tertiary/aromatic N) is 2. The average molecular weight is 789 g/mol. The Balaban J connectivity index is 1.03. The van der Waals surface area contributed by atoms with Crippen LogP contribution in [0, 0.1) is 13.8 Å². The monoisotopic (exact) mass is 788 g/mol.